The summed E-state index contributed by atoms with van der Waals surface area (Å²) in [4.78, 5) is 0. The minimum Gasteiger partial charge on any atom is -0.396 e. The van der Waals surface area contributed by atoms with Gasteiger partial charge in [-0.25, -0.2) is 8.78 Å². The summed E-state index contributed by atoms with van der Waals surface area (Å²) in [5.74, 6) is -1.93. The van der Waals surface area contributed by atoms with E-state index in [-0.39, 0.29) is 31.1 Å². The van der Waals surface area contributed by atoms with Crippen LogP contribution in [-0.2, 0) is 6.42 Å². The molecule has 0 aliphatic carbocycles. The number of benzene rings is 1. The summed E-state index contributed by atoms with van der Waals surface area (Å²) in [5.41, 5.74) is 5.60. The number of halogens is 2. The molecule has 1 rings (SSSR count). The zero-order chi connectivity index (χ0) is 10.6. The fourth-order valence-electron chi connectivity index (χ4n) is 1.24. The average Bonchev–Trinajstić information content (AvgIpc) is 2.20. The third-order valence-corrected chi connectivity index (χ3v) is 2.13. The molecule has 78 valence electrons. The van der Waals surface area contributed by atoms with E-state index in [1.807, 2.05) is 0 Å². The molecule has 0 aliphatic heterocycles. The van der Waals surface area contributed by atoms with E-state index in [2.05, 4.69) is 0 Å². The molecule has 0 radical (unpaired) electrons. The Morgan fingerprint density at radius 3 is 2.64 bits per heavy atom. The first-order valence-electron chi connectivity index (χ1n) is 4.42. The Labute approximate surface area is 81.4 Å². The van der Waals surface area contributed by atoms with Crippen molar-refractivity contribution in [2.75, 3.05) is 13.2 Å². The van der Waals surface area contributed by atoms with E-state index in [0.717, 1.165) is 6.07 Å². The van der Waals surface area contributed by atoms with Gasteiger partial charge in [0.2, 0.25) is 0 Å². The second kappa shape index (κ2) is 5.02. The molecule has 14 heavy (non-hydrogen) atoms. The number of nitrogens with two attached hydrogens (primary N) is 1. The molecule has 0 amide bonds. The van der Waals surface area contributed by atoms with Gasteiger partial charge in [-0.15, -0.1) is 0 Å². The Morgan fingerprint density at radius 1 is 1.36 bits per heavy atom. The molecule has 3 N–H and O–H groups in total. The zero-order valence-corrected chi connectivity index (χ0v) is 7.71. The highest BCUT2D eigenvalue weighted by molar-refractivity contribution is 5.19. The van der Waals surface area contributed by atoms with Crippen molar-refractivity contribution in [3.63, 3.8) is 0 Å². The summed E-state index contributed by atoms with van der Waals surface area (Å²) < 4.78 is 25.9. The molecule has 0 saturated carbocycles. The van der Waals surface area contributed by atoms with Crippen molar-refractivity contribution in [3.8, 4) is 0 Å². The van der Waals surface area contributed by atoms with Crippen molar-refractivity contribution in [3.05, 3.63) is 35.4 Å². The van der Waals surface area contributed by atoms with Crippen LogP contribution in [0.1, 0.15) is 5.56 Å². The molecule has 0 spiro atoms. The number of aliphatic hydroxyl groups excluding tert-OH is 1. The number of hydrogen-bond acceptors (Lipinski definition) is 2. The minimum atomic E-state index is -0.865. The van der Waals surface area contributed by atoms with Gasteiger partial charge in [0.05, 0.1) is 0 Å². The molecule has 0 bridgehead atoms. The van der Waals surface area contributed by atoms with Crippen LogP contribution in [0.5, 0.6) is 0 Å². The van der Waals surface area contributed by atoms with Crippen molar-refractivity contribution in [1.29, 1.82) is 0 Å². The largest absolute Gasteiger partial charge is 0.396 e. The Balaban J connectivity index is 2.80. The Bertz CT molecular complexity index is 300. The van der Waals surface area contributed by atoms with Gasteiger partial charge in [0, 0.05) is 6.61 Å². The highest BCUT2D eigenvalue weighted by Gasteiger charge is 2.12. The predicted octanol–water partition coefficient (Wildman–Crippen LogP) is 1.07. The normalized spacial score (nSPS) is 12.9. The van der Waals surface area contributed by atoms with Crippen molar-refractivity contribution in [2.45, 2.75) is 6.42 Å². The molecule has 1 aromatic carbocycles. The lowest BCUT2D eigenvalue weighted by Gasteiger charge is -2.11. The van der Waals surface area contributed by atoms with Gasteiger partial charge < -0.3 is 10.8 Å². The van der Waals surface area contributed by atoms with Crippen LogP contribution in [0.15, 0.2) is 18.2 Å². The van der Waals surface area contributed by atoms with Gasteiger partial charge in [-0.3, -0.25) is 0 Å². The fourth-order valence-corrected chi connectivity index (χ4v) is 1.24. The fraction of sp³-hybridized carbons (Fsp3) is 0.400. The lowest BCUT2D eigenvalue weighted by molar-refractivity contribution is 0.228. The average molecular weight is 201 g/mol. The van der Waals surface area contributed by atoms with Gasteiger partial charge in [0.15, 0.2) is 11.6 Å². The van der Waals surface area contributed by atoms with Crippen LogP contribution < -0.4 is 5.73 Å². The molecule has 1 atom stereocenters. The van der Waals surface area contributed by atoms with Gasteiger partial charge >= 0.3 is 0 Å². The maximum absolute atomic E-state index is 13.1. The lowest BCUT2D eigenvalue weighted by atomic mass is 10.00. The van der Waals surface area contributed by atoms with Crippen molar-refractivity contribution < 1.29 is 13.9 Å². The first kappa shape index (κ1) is 11.1. The summed E-state index contributed by atoms with van der Waals surface area (Å²) in [7, 11) is 0. The molecule has 4 heteroatoms. The van der Waals surface area contributed by atoms with E-state index >= 15 is 0 Å². The molecule has 1 aromatic rings. The first-order chi connectivity index (χ1) is 6.69. The van der Waals surface area contributed by atoms with Crippen LogP contribution in [0.3, 0.4) is 0 Å². The van der Waals surface area contributed by atoms with Gasteiger partial charge in [0.1, 0.15) is 0 Å². The molecule has 0 fully saturated rings. The number of rotatable bonds is 4. The molecule has 0 aromatic heterocycles. The second-order valence-corrected chi connectivity index (χ2v) is 3.20. The summed E-state index contributed by atoms with van der Waals surface area (Å²) in [6.07, 6.45) is 0.261. The number of hydrogen-bond donors (Lipinski definition) is 2. The maximum atomic E-state index is 13.1. The summed E-state index contributed by atoms with van der Waals surface area (Å²) in [6.45, 7) is 0.138. The van der Waals surface area contributed by atoms with E-state index in [4.69, 9.17) is 10.8 Å². The third kappa shape index (κ3) is 2.49. The van der Waals surface area contributed by atoms with Gasteiger partial charge in [-0.2, -0.15) is 0 Å². The van der Waals surface area contributed by atoms with Crippen molar-refractivity contribution in [2.24, 2.45) is 11.7 Å². The topological polar surface area (TPSA) is 46.2 Å². The van der Waals surface area contributed by atoms with Crippen LogP contribution in [0, 0.1) is 17.6 Å². The van der Waals surface area contributed by atoms with E-state index < -0.39 is 11.6 Å². The number of aliphatic hydroxyl groups is 1. The second-order valence-electron chi connectivity index (χ2n) is 3.20. The van der Waals surface area contributed by atoms with E-state index in [9.17, 15) is 8.78 Å². The predicted molar refractivity (Wildman–Crippen MR) is 49.7 cm³/mol. The molecule has 1 unspecified atom stereocenters. The molecule has 0 saturated heterocycles. The van der Waals surface area contributed by atoms with E-state index in [1.165, 1.54) is 12.1 Å². The van der Waals surface area contributed by atoms with Gasteiger partial charge in [-0.05, 0) is 30.5 Å². The third-order valence-electron chi connectivity index (χ3n) is 2.13. The molecule has 2 nitrogen and oxygen atoms in total. The molecule has 0 heterocycles. The first-order valence-corrected chi connectivity index (χ1v) is 4.42. The van der Waals surface area contributed by atoms with Gasteiger partial charge in [0.25, 0.3) is 0 Å². The smallest absolute Gasteiger partial charge is 0.162 e. The SMILES string of the molecule is NCC(CO)Cc1cccc(F)c1F. The highest BCUT2D eigenvalue weighted by atomic mass is 19.2. The van der Waals surface area contributed by atoms with Crippen molar-refractivity contribution in [1.82, 2.24) is 0 Å². The quantitative estimate of drug-likeness (QED) is 0.765. The standard InChI is InChI=1S/C10H13F2NO/c11-9-3-1-2-8(10(9)12)4-7(5-13)6-14/h1-3,7,14H,4-6,13H2. The van der Waals surface area contributed by atoms with Crippen LogP contribution in [0.4, 0.5) is 8.78 Å². The maximum Gasteiger partial charge on any atom is 0.162 e. The minimum absolute atomic E-state index is 0.119. The van der Waals surface area contributed by atoms with E-state index in [0.29, 0.717) is 0 Å². The summed E-state index contributed by atoms with van der Waals surface area (Å²) in [5, 5.41) is 8.85. The Hall–Kier alpha value is -1.00. The van der Waals surface area contributed by atoms with Gasteiger partial charge in [-0.1, -0.05) is 12.1 Å². The van der Waals surface area contributed by atoms with Crippen LogP contribution in [-0.4, -0.2) is 18.3 Å². The van der Waals surface area contributed by atoms with Crippen molar-refractivity contribution >= 4 is 0 Å². The molecular formula is C10H13F2NO. The molecule has 0 aliphatic rings. The lowest BCUT2D eigenvalue weighted by Crippen LogP contribution is -2.21. The van der Waals surface area contributed by atoms with Crippen LogP contribution in [0.25, 0.3) is 0 Å². The Kier molecular flexibility index (Phi) is 3.98. The van der Waals surface area contributed by atoms with Crippen LogP contribution >= 0.6 is 0 Å². The zero-order valence-electron chi connectivity index (χ0n) is 7.71. The highest BCUT2D eigenvalue weighted by Crippen LogP contribution is 2.15. The van der Waals surface area contributed by atoms with E-state index in [1.54, 1.807) is 0 Å². The summed E-state index contributed by atoms with van der Waals surface area (Å²) in [6, 6.07) is 4.00. The monoisotopic (exact) mass is 201 g/mol. The molecular weight excluding hydrogens is 188 g/mol. The Morgan fingerprint density at radius 2 is 2.07 bits per heavy atom. The van der Waals surface area contributed by atoms with Crippen LogP contribution in [0.2, 0.25) is 0 Å². The summed E-state index contributed by atoms with van der Waals surface area (Å²) >= 11 is 0.